The fourth-order valence-corrected chi connectivity index (χ4v) is 7.53. The molecule has 1 aliphatic rings. The third-order valence-corrected chi connectivity index (χ3v) is 9.46. The molecule has 3 aromatic heterocycles. The lowest BCUT2D eigenvalue weighted by Crippen LogP contribution is -2.06. The Morgan fingerprint density at radius 3 is 2.02 bits per heavy atom. The van der Waals surface area contributed by atoms with Crippen LogP contribution in [0.2, 0.25) is 0 Å². The molecule has 9 aromatic rings. The third-order valence-electron chi connectivity index (χ3n) is 9.46. The van der Waals surface area contributed by atoms with Crippen LogP contribution in [-0.4, -0.2) is 19.1 Å². The number of nitrogens with zero attached hydrogens (tertiary/aromatic N) is 4. The lowest BCUT2D eigenvalue weighted by molar-refractivity contribution is 0.949. The summed E-state index contributed by atoms with van der Waals surface area (Å²) in [6.07, 6.45) is 6.34. The highest BCUT2D eigenvalue weighted by molar-refractivity contribution is 6.22. The van der Waals surface area contributed by atoms with E-state index in [1.807, 2.05) is 18.3 Å². The number of aryl methyl sites for hydroxylation is 1. The van der Waals surface area contributed by atoms with Crippen LogP contribution in [0.1, 0.15) is 17.5 Å². The van der Waals surface area contributed by atoms with E-state index in [1.165, 1.54) is 60.2 Å². The molecule has 0 N–H and O–H groups in total. The normalized spacial score (nSPS) is 13.4. The van der Waals surface area contributed by atoms with Gasteiger partial charge in [-0.1, -0.05) is 91.0 Å². The van der Waals surface area contributed by atoms with Crippen molar-refractivity contribution in [2.75, 3.05) is 0 Å². The van der Waals surface area contributed by atoms with Crippen LogP contribution in [0.5, 0.6) is 0 Å². The highest BCUT2D eigenvalue weighted by Crippen LogP contribution is 2.42. The van der Waals surface area contributed by atoms with Crippen LogP contribution in [0.3, 0.4) is 0 Å². The van der Waals surface area contributed by atoms with E-state index in [1.54, 1.807) is 0 Å². The molecule has 44 heavy (non-hydrogen) atoms. The molecule has 0 fully saturated rings. The molecule has 3 heterocycles. The first-order chi connectivity index (χ1) is 21.8. The first kappa shape index (κ1) is 23.8. The number of aromatic nitrogens is 4. The van der Waals surface area contributed by atoms with Gasteiger partial charge in [-0.25, -0.2) is 9.97 Å². The van der Waals surface area contributed by atoms with Crippen molar-refractivity contribution in [1.82, 2.24) is 19.1 Å². The minimum atomic E-state index is 0.698. The summed E-state index contributed by atoms with van der Waals surface area (Å²) in [6, 6.07) is 43.6. The standard InChI is InChI=1S/C40H26N4/c1-3-11-29-25(9-1)18-21-36-38(29)30-12-4-7-15-34(30)43(36)28-20-17-26-19-22-37-39(32(26)23-28)31-13-5-8-16-35(31)44(37)40-41-24-27-10-2-6-14-33(27)42-40/h1-16,18-19,21-24H,17,20H2. The van der Waals surface area contributed by atoms with Crippen LogP contribution in [0.4, 0.5) is 0 Å². The van der Waals surface area contributed by atoms with Crippen molar-refractivity contribution in [2.24, 2.45) is 0 Å². The van der Waals surface area contributed by atoms with E-state index in [2.05, 4.69) is 124 Å². The summed E-state index contributed by atoms with van der Waals surface area (Å²) in [5.41, 5.74) is 9.72. The second kappa shape index (κ2) is 8.88. The van der Waals surface area contributed by atoms with Gasteiger partial charge in [-0.2, -0.15) is 0 Å². The van der Waals surface area contributed by atoms with Crippen LogP contribution in [0.15, 0.2) is 128 Å². The maximum Gasteiger partial charge on any atom is 0.235 e. The number of fused-ring (bicyclic) bond motifs is 11. The zero-order valence-corrected chi connectivity index (χ0v) is 23.9. The molecular formula is C40H26N4. The molecule has 4 heteroatoms. The van der Waals surface area contributed by atoms with Gasteiger partial charge in [0.05, 0.1) is 27.6 Å². The molecule has 1 aliphatic carbocycles. The highest BCUT2D eigenvalue weighted by atomic mass is 15.2. The number of rotatable bonds is 2. The van der Waals surface area contributed by atoms with Crippen LogP contribution < -0.4 is 0 Å². The van der Waals surface area contributed by atoms with Gasteiger partial charge in [0.1, 0.15) is 0 Å². The average Bonchev–Trinajstić information content (AvgIpc) is 3.61. The molecule has 6 aromatic carbocycles. The largest absolute Gasteiger partial charge is 0.313 e. The number of para-hydroxylation sites is 3. The van der Waals surface area contributed by atoms with E-state index in [0.29, 0.717) is 5.95 Å². The number of hydrogen-bond acceptors (Lipinski definition) is 2. The van der Waals surface area contributed by atoms with Gasteiger partial charge < -0.3 is 4.57 Å². The number of hydrogen-bond donors (Lipinski definition) is 0. The third kappa shape index (κ3) is 3.22. The Bertz CT molecular complexity index is 2670. The topological polar surface area (TPSA) is 35.6 Å². The summed E-state index contributed by atoms with van der Waals surface area (Å²) in [7, 11) is 0. The van der Waals surface area contributed by atoms with E-state index in [4.69, 9.17) is 9.97 Å². The van der Waals surface area contributed by atoms with Crippen molar-refractivity contribution in [1.29, 1.82) is 0 Å². The smallest absolute Gasteiger partial charge is 0.235 e. The second-order valence-electron chi connectivity index (χ2n) is 11.8. The summed E-state index contributed by atoms with van der Waals surface area (Å²) in [5.74, 6) is 0.698. The molecular weight excluding hydrogens is 536 g/mol. The van der Waals surface area contributed by atoms with Crippen molar-refractivity contribution >= 4 is 77.1 Å². The first-order valence-corrected chi connectivity index (χ1v) is 15.2. The summed E-state index contributed by atoms with van der Waals surface area (Å²) in [5, 5.41) is 8.73. The zero-order chi connectivity index (χ0) is 28.8. The van der Waals surface area contributed by atoms with Gasteiger partial charge in [-0.05, 0) is 71.1 Å². The van der Waals surface area contributed by atoms with Crippen molar-refractivity contribution < 1.29 is 0 Å². The van der Waals surface area contributed by atoms with Crippen LogP contribution >= 0.6 is 0 Å². The van der Waals surface area contributed by atoms with Crippen LogP contribution in [-0.2, 0) is 6.42 Å². The van der Waals surface area contributed by atoms with Crippen LogP contribution in [0.25, 0.3) is 83.0 Å². The number of benzene rings is 6. The Morgan fingerprint density at radius 2 is 1.16 bits per heavy atom. The monoisotopic (exact) mass is 562 g/mol. The van der Waals surface area contributed by atoms with Crippen molar-refractivity contribution in [3.05, 3.63) is 139 Å². The quantitative estimate of drug-likeness (QED) is 0.210. The van der Waals surface area contributed by atoms with Gasteiger partial charge in [0.15, 0.2) is 0 Å². The molecule has 0 bridgehead atoms. The summed E-state index contributed by atoms with van der Waals surface area (Å²) >= 11 is 0. The minimum absolute atomic E-state index is 0.698. The van der Waals surface area contributed by atoms with Gasteiger partial charge >= 0.3 is 0 Å². The van der Waals surface area contributed by atoms with Crippen LogP contribution in [0, 0.1) is 0 Å². The first-order valence-electron chi connectivity index (χ1n) is 15.2. The van der Waals surface area contributed by atoms with Gasteiger partial charge in [0, 0.05) is 38.8 Å². The molecule has 0 saturated carbocycles. The fraction of sp³-hybridized carbons (Fsp3) is 0.0500. The Morgan fingerprint density at radius 1 is 0.500 bits per heavy atom. The Balaban J connectivity index is 1.27. The number of allylic oxidation sites excluding steroid dienone is 1. The van der Waals surface area contributed by atoms with Crippen molar-refractivity contribution in [3.63, 3.8) is 0 Å². The summed E-state index contributed by atoms with van der Waals surface area (Å²) in [6.45, 7) is 0. The summed E-state index contributed by atoms with van der Waals surface area (Å²) in [4.78, 5) is 9.85. The van der Waals surface area contributed by atoms with Gasteiger partial charge in [-0.3, -0.25) is 4.57 Å². The molecule has 10 rings (SSSR count). The zero-order valence-electron chi connectivity index (χ0n) is 23.9. The van der Waals surface area contributed by atoms with Gasteiger partial charge in [-0.15, -0.1) is 0 Å². The lowest BCUT2D eigenvalue weighted by Gasteiger charge is -2.20. The highest BCUT2D eigenvalue weighted by Gasteiger charge is 2.23. The maximum atomic E-state index is 5.01. The Labute approximate surface area is 253 Å². The molecule has 0 aliphatic heterocycles. The average molecular weight is 563 g/mol. The van der Waals surface area contributed by atoms with E-state index in [9.17, 15) is 0 Å². The Hall–Kier alpha value is -5.74. The predicted octanol–water partition coefficient (Wildman–Crippen LogP) is 9.93. The maximum absolute atomic E-state index is 5.01. The van der Waals surface area contributed by atoms with E-state index < -0.39 is 0 Å². The van der Waals surface area contributed by atoms with Crippen molar-refractivity contribution in [3.8, 4) is 5.95 Å². The van der Waals surface area contributed by atoms with E-state index in [0.717, 1.165) is 34.8 Å². The summed E-state index contributed by atoms with van der Waals surface area (Å²) < 4.78 is 4.73. The minimum Gasteiger partial charge on any atom is -0.313 e. The second-order valence-corrected chi connectivity index (χ2v) is 11.8. The molecule has 0 unspecified atom stereocenters. The molecule has 0 spiro atoms. The van der Waals surface area contributed by atoms with Crippen molar-refractivity contribution in [2.45, 2.75) is 12.8 Å². The molecule has 0 saturated heterocycles. The van der Waals surface area contributed by atoms with E-state index >= 15 is 0 Å². The fourth-order valence-electron chi connectivity index (χ4n) is 7.53. The molecule has 0 radical (unpaired) electrons. The molecule has 4 nitrogen and oxygen atoms in total. The van der Waals surface area contributed by atoms with Gasteiger partial charge in [0.25, 0.3) is 0 Å². The lowest BCUT2D eigenvalue weighted by atomic mass is 9.91. The molecule has 0 amide bonds. The SMILES string of the molecule is C1=C(n2c3ccccc3c3c4ccccc4ccc32)CCc2ccc3c(c21)c1ccccc1n3-c1ncc2ccccc2n1. The predicted molar refractivity (Wildman–Crippen MR) is 183 cm³/mol. The molecule has 0 atom stereocenters. The Kier molecular flexibility index (Phi) is 4.80. The van der Waals surface area contributed by atoms with E-state index in [-0.39, 0.29) is 0 Å². The molecule has 206 valence electrons. The van der Waals surface area contributed by atoms with Gasteiger partial charge in [0.2, 0.25) is 5.95 Å².